The van der Waals surface area contributed by atoms with E-state index < -0.39 is 17.9 Å². The summed E-state index contributed by atoms with van der Waals surface area (Å²) in [5.41, 5.74) is 5.60. The van der Waals surface area contributed by atoms with E-state index >= 15 is 0 Å². The van der Waals surface area contributed by atoms with Crippen LogP contribution >= 0.6 is 0 Å². The van der Waals surface area contributed by atoms with Crippen LogP contribution in [-0.2, 0) is 11.8 Å². The molecule has 2 aromatic heterocycles. The normalized spacial score (nSPS) is 11.6. The summed E-state index contributed by atoms with van der Waals surface area (Å²) in [4.78, 5) is 31.6. The van der Waals surface area contributed by atoms with Crippen molar-refractivity contribution in [2.45, 2.75) is 18.9 Å². The number of aryl methyl sites for hydroxylation is 2. The lowest BCUT2D eigenvalue weighted by Gasteiger charge is -2.28. The zero-order chi connectivity index (χ0) is 28.8. The molecule has 0 radical (unpaired) electrons. The van der Waals surface area contributed by atoms with E-state index in [9.17, 15) is 9.59 Å². The van der Waals surface area contributed by atoms with Crippen molar-refractivity contribution in [3.63, 3.8) is 0 Å². The molecule has 0 aliphatic carbocycles. The Bertz CT molecular complexity index is 1610. The second-order valence-electron chi connectivity index (χ2n) is 9.69. The van der Waals surface area contributed by atoms with Crippen LogP contribution in [-0.4, -0.2) is 39.7 Å². The number of rotatable bonds is 9. The van der Waals surface area contributed by atoms with Crippen molar-refractivity contribution in [3.8, 4) is 16.9 Å². The van der Waals surface area contributed by atoms with Gasteiger partial charge in [0.2, 0.25) is 5.91 Å². The number of nitrogens with zero attached hydrogens (tertiary/aromatic N) is 3. The summed E-state index contributed by atoms with van der Waals surface area (Å²) in [5.74, 6) is -0.514. The van der Waals surface area contributed by atoms with Gasteiger partial charge >= 0.3 is 0 Å². The highest BCUT2D eigenvalue weighted by Gasteiger charge is 2.33. The first-order valence-corrected chi connectivity index (χ1v) is 13.2. The number of ether oxygens (including phenoxy) is 1. The van der Waals surface area contributed by atoms with Crippen molar-refractivity contribution in [3.05, 3.63) is 132 Å². The third-order valence-electron chi connectivity index (χ3n) is 7.06. The Labute approximate surface area is 239 Å². The van der Waals surface area contributed by atoms with Crippen LogP contribution in [0.15, 0.2) is 110 Å². The van der Waals surface area contributed by atoms with E-state index in [-0.39, 0.29) is 5.91 Å². The highest BCUT2D eigenvalue weighted by Crippen LogP contribution is 2.33. The van der Waals surface area contributed by atoms with E-state index in [1.54, 1.807) is 38.8 Å². The smallest absolute Gasteiger partial charge is 0.270 e. The maximum Gasteiger partial charge on any atom is 0.270 e. The molecule has 5 rings (SSSR count). The van der Waals surface area contributed by atoms with Gasteiger partial charge in [-0.2, -0.15) is 5.10 Å². The Balaban J connectivity index is 1.51. The van der Waals surface area contributed by atoms with Crippen LogP contribution in [0.25, 0.3) is 11.1 Å². The van der Waals surface area contributed by atoms with Crippen LogP contribution in [0.4, 0.5) is 5.69 Å². The number of benzene rings is 3. The molecular weight excluding hydrogens is 514 g/mol. The molecule has 1 atom stereocenters. The summed E-state index contributed by atoms with van der Waals surface area (Å²) in [6.07, 6.45) is 4.95. The summed E-state index contributed by atoms with van der Waals surface area (Å²) >= 11 is 0. The van der Waals surface area contributed by atoms with Gasteiger partial charge < -0.3 is 15.4 Å². The minimum atomic E-state index is -0.928. The van der Waals surface area contributed by atoms with Crippen molar-refractivity contribution in [1.82, 2.24) is 20.1 Å². The number of carbonyl (C=O) groups excluding carboxylic acids is 2. The fourth-order valence-electron chi connectivity index (χ4n) is 5.04. The molecule has 8 heteroatoms. The van der Waals surface area contributed by atoms with Crippen molar-refractivity contribution >= 4 is 17.5 Å². The maximum atomic E-state index is 14.1. The first kappa shape index (κ1) is 27.3. The molecule has 8 nitrogen and oxygen atoms in total. The van der Waals surface area contributed by atoms with Gasteiger partial charge in [0.25, 0.3) is 5.91 Å². The first-order chi connectivity index (χ1) is 20.0. The summed E-state index contributed by atoms with van der Waals surface area (Å²) in [5, 5.41) is 10.2. The largest absolute Gasteiger partial charge is 0.494 e. The fraction of sp³-hybridized carbons (Fsp3) is 0.152. The number of hydrogen-bond acceptors (Lipinski definition) is 5. The number of aromatic nitrogens is 3. The third-order valence-corrected chi connectivity index (χ3v) is 7.06. The summed E-state index contributed by atoms with van der Waals surface area (Å²) in [7, 11) is 3.30. The highest BCUT2D eigenvalue weighted by atomic mass is 16.5. The molecule has 0 fully saturated rings. The lowest BCUT2D eigenvalue weighted by atomic mass is 9.84. The Morgan fingerprint density at radius 1 is 0.854 bits per heavy atom. The van der Waals surface area contributed by atoms with Gasteiger partial charge in [-0.3, -0.25) is 19.3 Å². The number of carbonyl (C=O) groups is 2. The molecule has 2 N–H and O–H groups in total. The quantitative estimate of drug-likeness (QED) is 0.260. The van der Waals surface area contributed by atoms with Gasteiger partial charge in [0.05, 0.1) is 13.3 Å². The molecule has 0 bridgehead atoms. The van der Waals surface area contributed by atoms with E-state index in [0.29, 0.717) is 17.1 Å². The van der Waals surface area contributed by atoms with Crippen LogP contribution in [0.1, 0.15) is 33.1 Å². The second-order valence-corrected chi connectivity index (χ2v) is 9.69. The molecule has 2 heterocycles. The lowest BCUT2D eigenvalue weighted by molar-refractivity contribution is -0.118. The molecule has 206 valence electrons. The average molecular weight is 546 g/mol. The second kappa shape index (κ2) is 12.3. The summed E-state index contributed by atoms with van der Waals surface area (Å²) in [6, 6.07) is 27.7. The molecular formula is C33H31N5O3. The Hall–Kier alpha value is -5.24. The maximum absolute atomic E-state index is 14.1. The van der Waals surface area contributed by atoms with Crippen molar-refractivity contribution in [2.24, 2.45) is 7.05 Å². The molecule has 0 unspecified atom stereocenters. The molecule has 0 saturated heterocycles. The molecule has 0 spiro atoms. The van der Waals surface area contributed by atoms with Gasteiger partial charge in [-0.1, -0.05) is 66.7 Å². The van der Waals surface area contributed by atoms with Gasteiger partial charge in [-0.05, 0) is 53.4 Å². The minimum Gasteiger partial charge on any atom is -0.494 e. The molecule has 0 saturated carbocycles. The number of hydrogen-bond donors (Lipinski definition) is 2. The van der Waals surface area contributed by atoms with Crippen LogP contribution in [0, 0.1) is 6.92 Å². The number of nitrogens with one attached hydrogen (secondary N) is 2. The zero-order valence-corrected chi connectivity index (χ0v) is 23.1. The van der Waals surface area contributed by atoms with E-state index in [4.69, 9.17) is 4.74 Å². The highest BCUT2D eigenvalue weighted by molar-refractivity contribution is 6.01. The molecule has 0 aliphatic heterocycles. The SMILES string of the molecule is COc1cnccc1-c1ccc(NC(=O)[C@@H](NC(=O)c2ccnn2C)C(c2ccccc2)c2ccccc2)cc1C. The fourth-order valence-corrected chi connectivity index (χ4v) is 5.04. The number of pyridine rings is 1. The topological polar surface area (TPSA) is 98.1 Å². The lowest BCUT2D eigenvalue weighted by Crippen LogP contribution is -2.48. The number of amides is 2. The third kappa shape index (κ3) is 6.01. The van der Waals surface area contributed by atoms with Crippen molar-refractivity contribution < 1.29 is 14.3 Å². The van der Waals surface area contributed by atoms with E-state index in [1.165, 1.54) is 4.68 Å². The van der Waals surface area contributed by atoms with Gasteiger partial charge in [0.15, 0.2) is 0 Å². The van der Waals surface area contributed by atoms with Gasteiger partial charge in [-0.25, -0.2) is 0 Å². The van der Waals surface area contributed by atoms with Crippen molar-refractivity contribution in [2.75, 3.05) is 12.4 Å². The van der Waals surface area contributed by atoms with Gasteiger partial charge in [0.1, 0.15) is 17.5 Å². The van der Waals surface area contributed by atoms with E-state index in [2.05, 4.69) is 20.7 Å². The monoisotopic (exact) mass is 545 g/mol. The Morgan fingerprint density at radius 3 is 2.12 bits per heavy atom. The van der Waals surface area contributed by atoms with Crippen LogP contribution in [0.3, 0.4) is 0 Å². The van der Waals surface area contributed by atoms with Gasteiger partial charge in [0, 0.05) is 36.6 Å². The molecule has 2 amide bonds. The van der Waals surface area contributed by atoms with Crippen LogP contribution < -0.4 is 15.4 Å². The first-order valence-electron chi connectivity index (χ1n) is 13.2. The zero-order valence-electron chi connectivity index (χ0n) is 23.1. The standard InChI is InChI=1S/C33H31N5O3/c1-22-20-25(14-15-26(22)27-16-18-34-21-29(27)41-3)36-33(40)31(37-32(39)28-17-19-35-38(28)2)30(23-10-6-4-7-11-23)24-12-8-5-9-13-24/h4-21,30-31H,1-3H3,(H,36,40)(H,37,39)/t31-/m0/s1. The van der Waals surface area contributed by atoms with Crippen molar-refractivity contribution in [1.29, 1.82) is 0 Å². The van der Waals surface area contributed by atoms with E-state index in [1.807, 2.05) is 91.9 Å². The molecule has 0 aliphatic rings. The predicted octanol–water partition coefficient (Wildman–Crippen LogP) is 5.37. The predicted molar refractivity (Wildman–Crippen MR) is 159 cm³/mol. The van der Waals surface area contributed by atoms with Crippen LogP contribution in [0.5, 0.6) is 5.75 Å². The summed E-state index contributed by atoms with van der Waals surface area (Å²) < 4.78 is 6.97. The van der Waals surface area contributed by atoms with Crippen LogP contribution in [0.2, 0.25) is 0 Å². The number of methoxy groups -OCH3 is 1. The molecule has 41 heavy (non-hydrogen) atoms. The average Bonchev–Trinajstić information content (AvgIpc) is 3.44. The Kier molecular flexibility index (Phi) is 8.20. The van der Waals surface area contributed by atoms with E-state index in [0.717, 1.165) is 27.8 Å². The molecule has 3 aromatic carbocycles. The molecule has 5 aromatic rings. The Morgan fingerprint density at radius 2 is 1.54 bits per heavy atom. The van der Waals surface area contributed by atoms with Gasteiger partial charge in [-0.15, -0.1) is 0 Å². The number of anilines is 1. The minimum absolute atomic E-state index is 0.341. The summed E-state index contributed by atoms with van der Waals surface area (Å²) in [6.45, 7) is 1.98.